The Morgan fingerprint density at radius 3 is 2.45 bits per heavy atom. The largest absolute Gasteiger partial charge is 0.496 e. The number of carbonyl (C=O) groups excluding carboxylic acids is 1. The first kappa shape index (κ1) is 14.2. The summed E-state index contributed by atoms with van der Waals surface area (Å²) in [7, 11) is 1.53. The van der Waals surface area contributed by atoms with Gasteiger partial charge in [-0.25, -0.2) is 4.39 Å². The molecular weight excluding hydrogens is 259 g/mol. The molecule has 2 aromatic rings. The third kappa shape index (κ3) is 2.86. The van der Waals surface area contributed by atoms with E-state index in [1.165, 1.54) is 31.4 Å². The number of aryl methyl sites for hydroxylation is 1. The van der Waals surface area contributed by atoms with E-state index in [9.17, 15) is 14.3 Å². The topological polar surface area (TPSA) is 46.5 Å². The molecule has 0 aliphatic rings. The SMILES string of the molecule is COc1cc(C(O)C(=O)c2ccc(F)cc2)ccc1C. The summed E-state index contributed by atoms with van der Waals surface area (Å²) in [5.41, 5.74) is 1.62. The first-order valence-corrected chi connectivity index (χ1v) is 6.15. The van der Waals surface area contributed by atoms with Gasteiger partial charge in [0, 0.05) is 5.56 Å². The maximum atomic E-state index is 12.8. The zero-order valence-electron chi connectivity index (χ0n) is 11.3. The first-order chi connectivity index (χ1) is 9.52. The molecule has 0 aliphatic carbocycles. The van der Waals surface area contributed by atoms with Crippen LogP contribution in [0, 0.1) is 12.7 Å². The third-order valence-corrected chi connectivity index (χ3v) is 3.12. The van der Waals surface area contributed by atoms with Crippen LogP contribution in [0.5, 0.6) is 5.75 Å². The summed E-state index contributed by atoms with van der Waals surface area (Å²) in [6, 6.07) is 10.2. The number of aliphatic hydroxyl groups excluding tert-OH is 1. The lowest BCUT2D eigenvalue weighted by molar-refractivity contribution is 0.0747. The highest BCUT2D eigenvalue weighted by molar-refractivity contribution is 5.99. The molecule has 20 heavy (non-hydrogen) atoms. The molecule has 0 spiro atoms. The lowest BCUT2D eigenvalue weighted by atomic mass is 9.99. The van der Waals surface area contributed by atoms with Crippen molar-refractivity contribution in [1.82, 2.24) is 0 Å². The van der Waals surface area contributed by atoms with E-state index in [-0.39, 0.29) is 5.56 Å². The van der Waals surface area contributed by atoms with Gasteiger partial charge in [-0.1, -0.05) is 12.1 Å². The molecule has 0 bridgehead atoms. The minimum absolute atomic E-state index is 0.262. The van der Waals surface area contributed by atoms with Gasteiger partial charge in [-0.15, -0.1) is 0 Å². The minimum atomic E-state index is -1.30. The predicted octanol–water partition coefficient (Wildman–Crippen LogP) is 3.06. The molecule has 0 amide bonds. The van der Waals surface area contributed by atoms with Gasteiger partial charge in [0.05, 0.1) is 7.11 Å². The molecule has 104 valence electrons. The molecule has 0 aliphatic heterocycles. The van der Waals surface area contributed by atoms with E-state index < -0.39 is 17.7 Å². The van der Waals surface area contributed by atoms with E-state index in [4.69, 9.17) is 4.74 Å². The molecule has 1 N–H and O–H groups in total. The average Bonchev–Trinajstić information content (AvgIpc) is 2.47. The second-order valence-corrected chi connectivity index (χ2v) is 4.50. The molecule has 0 aromatic heterocycles. The van der Waals surface area contributed by atoms with Gasteiger partial charge in [0.2, 0.25) is 0 Å². The molecular formula is C16H15FO3. The number of aliphatic hydroxyl groups is 1. The monoisotopic (exact) mass is 274 g/mol. The smallest absolute Gasteiger partial charge is 0.195 e. The van der Waals surface area contributed by atoms with Crippen LogP contribution in [0.15, 0.2) is 42.5 Å². The van der Waals surface area contributed by atoms with Crippen molar-refractivity contribution in [2.45, 2.75) is 13.0 Å². The van der Waals surface area contributed by atoms with E-state index >= 15 is 0 Å². The third-order valence-electron chi connectivity index (χ3n) is 3.12. The molecule has 4 heteroatoms. The molecule has 0 saturated heterocycles. The summed E-state index contributed by atoms with van der Waals surface area (Å²) in [5.74, 6) is -0.294. The second-order valence-electron chi connectivity index (χ2n) is 4.50. The summed E-state index contributed by atoms with van der Waals surface area (Å²) < 4.78 is 18.0. The molecule has 0 radical (unpaired) electrons. The molecule has 1 unspecified atom stereocenters. The van der Waals surface area contributed by atoms with Crippen LogP contribution in [0.1, 0.15) is 27.6 Å². The van der Waals surface area contributed by atoms with E-state index in [1.807, 2.05) is 6.92 Å². The maximum Gasteiger partial charge on any atom is 0.195 e. The quantitative estimate of drug-likeness (QED) is 0.872. The molecule has 2 aromatic carbocycles. The van der Waals surface area contributed by atoms with Crippen molar-refractivity contribution >= 4 is 5.78 Å². The van der Waals surface area contributed by atoms with Crippen LogP contribution in [-0.4, -0.2) is 18.0 Å². The van der Waals surface area contributed by atoms with Gasteiger partial charge in [0.15, 0.2) is 5.78 Å². The molecule has 3 nitrogen and oxygen atoms in total. The van der Waals surface area contributed by atoms with Crippen molar-refractivity contribution in [2.75, 3.05) is 7.11 Å². The predicted molar refractivity (Wildman–Crippen MR) is 73.4 cm³/mol. The Bertz CT molecular complexity index is 620. The van der Waals surface area contributed by atoms with Gasteiger partial charge < -0.3 is 9.84 Å². The average molecular weight is 274 g/mol. The van der Waals surface area contributed by atoms with Crippen molar-refractivity contribution in [3.8, 4) is 5.75 Å². The molecule has 0 saturated carbocycles. The Kier molecular flexibility index (Phi) is 4.15. The van der Waals surface area contributed by atoms with Crippen molar-refractivity contribution in [3.05, 3.63) is 65.0 Å². The first-order valence-electron chi connectivity index (χ1n) is 6.15. The zero-order valence-corrected chi connectivity index (χ0v) is 11.3. The van der Waals surface area contributed by atoms with Crippen LogP contribution < -0.4 is 4.74 Å². The summed E-state index contributed by atoms with van der Waals surface area (Å²) in [6.45, 7) is 1.87. The van der Waals surface area contributed by atoms with Crippen molar-refractivity contribution < 1.29 is 19.0 Å². The summed E-state index contributed by atoms with van der Waals surface area (Å²) >= 11 is 0. The van der Waals surface area contributed by atoms with Gasteiger partial charge in [-0.3, -0.25) is 4.79 Å². The fourth-order valence-corrected chi connectivity index (χ4v) is 1.93. The standard InChI is InChI=1S/C16H15FO3/c1-10-3-4-12(9-14(10)20-2)16(19)15(18)11-5-7-13(17)8-6-11/h3-9,16,19H,1-2H3. The highest BCUT2D eigenvalue weighted by Crippen LogP contribution is 2.25. The summed E-state index contributed by atoms with van der Waals surface area (Å²) in [5, 5.41) is 10.1. The van der Waals surface area contributed by atoms with E-state index in [0.717, 1.165) is 5.56 Å². The Morgan fingerprint density at radius 2 is 1.85 bits per heavy atom. The van der Waals surface area contributed by atoms with Crippen LogP contribution in [-0.2, 0) is 0 Å². The molecule has 0 heterocycles. The number of halogens is 1. The van der Waals surface area contributed by atoms with E-state index in [1.54, 1.807) is 18.2 Å². The van der Waals surface area contributed by atoms with Crippen LogP contribution in [0.4, 0.5) is 4.39 Å². The summed E-state index contributed by atoms with van der Waals surface area (Å²) in [4.78, 5) is 12.1. The van der Waals surface area contributed by atoms with E-state index in [2.05, 4.69) is 0 Å². The number of Topliss-reactive ketones (excluding diaryl/α,β-unsaturated/α-hetero) is 1. The minimum Gasteiger partial charge on any atom is -0.496 e. The van der Waals surface area contributed by atoms with Crippen molar-refractivity contribution in [3.63, 3.8) is 0 Å². The maximum absolute atomic E-state index is 12.8. The number of ketones is 1. The Hall–Kier alpha value is -2.20. The normalized spacial score (nSPS) is 12.0. The number of carbonyl (C=O) groups is 1. The van der Waals surface area contributed by atoms with Gasteiger partial charge in [0.25, 0.3) is 0 Å². The molecule has 1 atom stereocenters. The fraction of sp³-hybridized carbons (Fsp3) is 0.188. The van der Waals surface area contributed by atoms with Crippen LogP contribution in [0.25, 0.3) is 0 Å². The number of rotatable bonds is 4. The number of hydrogen-bond acceptors (Lipinski definition) is 3. The van der Waals surface area contributed by atoms with Gasteiger partial charge in [-0.05, 0) is 48.4 Å². The lowest BCUT2D eigenvalue weighted by Gasteiger charge is -2.12. The number of methoxy groups -OCH3 is 1. The van der Waals surface area contributed by atoms with Crippen molar-refractivity contribution in [2.24, 2.45) is 0 Å². The zero-order chi connectivity index (χ0) is 14.7. The number of benzene rings is 2. The summed E-state index contributed by atoms with van der Waals surface area (Å²) in [6.07, 6.45) is -1.30. The Balaban J connectivity index is 2.28. The van der Waals surface area contributed by atoms with Gasteiger partial charge in [0.1, 0.15) is 17.7 Å². The van der Waals surface area contributed by atoms with Crippen molar-refractivity contribution in [1.29, 1.82) is 0 Å². The highest BCUT2D eigenvalue weighted by atomic mass is 19.1. The number of hydrogen-bond donors (Lipinski definition) is 1. The van der Waals surface area contributed by atoms with Crippen LogP contribution in [0.3, 0.4) is 0 Å². The van der Waals surface area contributed by atoms with Crippen LogP contribution >= 0.6 is 0 Å². The second kappa shape index (κ2) is 5.84. The molecule has 0 fully saturated rings. The Labute approximate surface area is 116 Å². The molecule has 2 rings (SSSR count). The van der Waals surface area contributed by atoms with Gasteiger partial charge >= 0.3 is 0 Å². The Morgan fingerprint density at radius 1 is 1.20 bits per heavy atom. The number of ether oxygens (including phenoxy) is 1. The fourth-order valence-electron chi connectivity index (χ4n) is 1.93. The van der Waals surface area contributed by atoms with Crippen LogP contribution in [0.2, 0.25) is 0 Å². The van der Waals surface area contributed by atoms with E-state index in [0.29, 0.717) is 11.3 Å². The highest BCUT2D eigenvalue weighted by Gasteiger charge is 2.20. The lowest BCUT2D eigenvalue weighted by Crippen LogP contribution is -2.12. The van der Waals surface area contributed by atoms with Gasteiger partial charge in [-0.2, -0.15) is 0 Å².